The molecule has 0 aromatic carbocycles. The standard InChI is InChI=1S/C15H16N4O/c20-15(19-9-12-3-1-2-5-18-12)14-10-17-8-11-7-16-6-4-13(11)14/h1-3,5,8,10,16H,4,6-7,9H2,(H,19,20). The van der Waals surface area contributed by atoms with Crippen LogP contribution in [0.3, 0.4) is 0 Å². The first kappa shape index (κ1) is 12.7. The Kier molecular flexibility index (Phi) is 3.69. The normalized spacial score (nSPS) is 13.6. The minimum atomic E-state index is -0.0816. The molecule has 1 aliphatic heterocycles. The number of nitrogens with zero attached hydrogens (tertiary/aromatic N) is 2. The Balaban J connectivity index is 1.74. The van der Waals surface area contributed by atoms with Crippen LogP contribution in [-0.2, 0) is 19.5 Å². The monoisotopic (exact) mass is 268 g/mol. The fourth-order valence-corrected chi connectivity index (χ4v) is 2.38. The van der Waals surface area contributed by atoms with E-state index in [1.807, 2.05) is 24.4 Å². The summed E-state index contributed by atoms with van der Waals surface area (Å²) in [5, 5.41) is 6.19. The van der Waals surface area contributed by atoms with Crippen LogP contribution in [0.25, 0.3) is 0 Å². The first-order valence-electron chi connectivity index (χ1n) is 6.69. The molecule has 5 heteroatoms. The lowest BCUT2D eigenvalue weighted by molar-refractivity contribution is 0.0949. The zero-order valence-corrected chi connectivity index (χ0v) is 11.1. The Labute approximate surface area is 117 Å². The van der Waals surface area contributed by atoms with E-state index >= 15 is 0 Å². The lowest BCUT2D eigenvalue weighted by Gasteiger charge is -2.19. The van der Waals surface area contributed by atoms with Crippen LogP contribution in [0.15, 0.2) is 36.8 Å². The summed E-state index contributed by atoms with van der Waals surface area (Å²) in [6, 6.07) is 5.66. The average Bonchev–Trinajstić information content (AvgIpc) is 2.53. The van der Waals surface area contributed by atoms with Gasteiger partial charge in [-0.15, -0.1) is 0 Å². The highest BCUT2D eigenvalue weighted by Gasteiger charge is 2.17. The van der Waals surface area contributed by atoms with Crippen molar-refractivity contribution in [1.29, 1.82) is 0 Å². The van der Waals surface area contributed by atoms with Crippen molar-refractivity contribution in [2.24, 2.45) is 0 Å². The van der Waals surface area contributed by atoms with E-state index in [1.165, 1.54) is 0 Å². The van der Waals surface area contributed by atoms with E-state index in [2.05, 4.69) is 20.6 Å². The zero-order valence-electron chi connectivity index (χ0n) is 11.1. The van der Waals surface area contributed by atoms with Gasteiger partial charge in [-0.3, -0.25) is 14.8 Å². The summed E-state index contributed by atoms with van der Waals surface area (Å²) in [6.07, 6.45) is 6.07. The van der Waals surface area contributed by atoms with Crippen molar-refractivity contribution in [3.8, 4) is 0 Å². The average molecular weight is 268 g/mol. The van der Waals surface area contributed by atoms with Crippen LogP contribution in [0, 0.1) is 0 Å². The third-order valence-electron chi connectivity index (χ3n) is 3.41. The van der Waals surface area contributed by atoms with Gasteiger partial charge in [0.15, 0.2) is 0 Å². The van der Waals surface area contributed by atoms with Crippen molar-refractivity contribution in [3.05, 3.63) is 59.2 Å². The first-order chi connectivity index (χ1) is 9.84. The van der Waals surface area contributed by atoms with Gasteiger partial charge in [-0.25, -0.2) is 0 Å². The largest absolute Gasteiger partial charge is 0.346 e. The second-order valence-electron chi connectivity index (χ2n) is 4.76. The fourth-order valence-electron chi connectivity index (χ4n) is 2.38. The van der Waals surface area contributed by atoms with Crippen LogP contribution in [0.5, 0.6) is 0 Å². The van der Waals surface area contributed by atoms with Gasteiger partial charge in [-0.1, -0.05) is 6.07 Å². The van der Waals surface area contributed by atoms with Crippen molar-refractivity contribution in [3.63, 3.8) is 0 Å². The van der Waals surface area contributed by atoms with Gasteiger partial charge in [0.25, 0.3) is 5.91 Å². The molecule has 2 aromatic heterocycles. The molecule has 0 unspecified atom stereocenters. The molecule has 0 fully saturated rings. The van der Waals surface area contributed by atoms with Gasteiger partial charge in [0.05, 0.1) is 17.8 Å². The molecule has 0 spiro atoms. The van der Waals surface area contributed by atoms with Gasteiger partial charge >= 0.3 is 0 Å². The third kappa shape index (κ3) is 2.67. The summed E-state index contributed by atoms with van der Waals surface area (Å²) < 4.78 is 0. The molecular formula is C15H16N4O. The predicted molar refractivity (Wildman–Crippen MR) is 75.1 cm³/mol. The number of hydrogen-bond acceptors (Lipinski definition) is 4. The molecule has 2 N–H and O–H groups in total. The quantitative estimate of drug-likeness (QED) is 0.873. The first-order valence-corrected chi connectivity index (χ1v) is 6.69. The number of pyridine rings is 2. The van der Waals surface area contributed by atoms with Gasteiger partial charge in [0, 0.05) is 25.1 Å². The van der Waals surface area contributed by atoms with Crippen LogP contribution < -0.4 is 10.6 Å². The Morgan fingerprint density at radius 1 is 1.35 bits per heavy atom. The topological polar surface area (TPSA) is 66.9 Å². The third-order valence-corrected chi connectivity index (χ3v) is 3.41. The van der Waals surface area contributed by atoms with E-state index in [0.29, 0.717) is 12.1 Å². The highest BCUT2D eigenvalue weighted by Crippen LogP contribution is 2.17. The minimum absolute atomic E-state index is 0.0816. The second kappa shape index (κ2) is 5.79. The van der Waals surface area contributed by atoms with E-state index in [9.17, 15) is 4.79 Å². The Morgan fingerprint density at radius 3 is 3.15 bits per heavy atom. The highest BCUT2D eigenvalue weighted by atomic mass is 16.1. The zero-order chi connectivity index (χ0) is 13.8. The molecule has 0 saturated carbocycles. The van der Waals surface area contributed by atoms with Crippen LogP contribution in [-0.4, -0.2) is 22.4 Å². The molecule has 0 saturated heterocycles. The van der Waals surface area contributed by atoms with Crippen LogP contribution in [0.2, 0.25) is 0 Å². The van der Waals surface area contributed by atoms with Crippen molar-refractivity contribution in [1.82, 2.24) is 20.6 Å². The number of carbonyl (C=O) groups is 1. The molecule has 20 heavy (non-hydrogen) atoms. The smallest absolute Gasteiger partial charge is 0.253 e. The maximum absolute atomic E-state index is 12.3. The van der Waals surface area contributed by atoms with E-state index in [1.54, 1.807) is 12.4 Å². The number of aromatic nitrogens is 2. The van der Waals surface area contributed by atoms with Crippen molar-refractivity contribution in [2.75, 3.05) is 6.54 Å². The van der Waals surface area contributed by atoms with E-state index in [4.69, 9.17) is 0 Å². The molecule has 3 rings (SSSR count). The molecule has 0 atom stereocenters. The molecule has 2 aromatic rings. The van der Waals surface area contributed by atoms with Crippen LogP contribution in [0.4, 0.5) is 0 Å². The van der Waals surface area contributed by atoms with Crippen molar-refractivity contribution < 1.29 is 4.79 Å². The summed E-state index contributed by atoms with van der Waals surface area (Å²) in [7, 11) is 0. The lowest BCUT2D eigenvalue weighted by atomic mass is 9.98. The summed E-state index contributed by atoms with van der Waals surface area (Å²) in [4.78, 5) is 20.6. The fraction of sp³-hybridized carbons (Fsp3) is 0.267. The number of carbonyl (C=O) groups excluding carboxylic acids is 1. The SMILES string of the molecule is O=C(NCc1ccccn1)c1cncc2c1CCNC2. The molecule has 0 bridgehead atoms. The van der Waals surface area contributed by atoms with Crippen LogP contribution in [0.1, 0.15) is 27.2 Å². The van der Waals surface area contributed by atoms with Gasteiger partial charge < -0.3 is 10.6 Å². The molecule has 0 radical (unpaired) electrons. The number of hydrogen-bond donors (Lipinski definition) is 2. The molecular weight excluding hydrogens is 252 g/mol. The summed E-state index contributed by atoms with van der Waals surface area (Å²) in [6.45, 7) is 2.11. The number of nitrogens with one attached hydrogen (secondary N) is 2. The summed E-state index contributed by atoms with van der Waals surface area (Å²) >= 11 is 0. The van der Waals surface area contributed by atoms with Gasteiger partial charge in [0.2, 0.25) is 0 Å². The second-order valence-corrected chi connectivity index (χ2v) is 4.76. The maximum atomic E-state index is 12.3. The Morgan fingerprint density at radius 2 is 2.30 bits per heavy atom. The molecule has 102 valence electrons. The highest BCUT2D eigenvalue weighted by molar-refractivity contribution is 5.95. The van der Waals surface area contributed by atoms with Crippen molar-refractivity contribution in [2.45, 2.75) is 19.5 Å². The number of fused-ring (bicyclic) bond motifs is 1. The Hall–Kier alpha value is -2.27. The molecule has 5 nitrogen and oxygen atoms in total. The minimum Gasteiger partial charge on any atom is -0.346 e. The summed E-state index contributed by atoms with van der Waals surface area (Å²) in [5.41, 5.74) is 3.75. The van der Waals surface area contributed by atoms with Gasteiger partial charge in [0.1, 0.15) is 0 Å². The predicted octanol–water partition coefficient (Wildman–Crippen LogP) is 1.05. The molecule has 1 aliphatic rings. The van der Waals surface area contributed by atoms with Crippen LogP contribution >= 0.6 is 0 Å². The van der Waals surface area contributed by atoms with E-state index in [-0.39, 0.29) is 5.91 Å². The Bertz CT molecular complexity index is 613. The molecule has 1 amide bonds. The molecule has 0 aliphatic carbocycles. The summed E-state index contributed by atoms with van der Waals surface area (Å²) in [5.74, 6) is -0.0816. The van der Waals surface area contributed by atoms with E-state index < -0.39 is 0 Å². The van der Waals surface area contributed by atoms with E-state index in [0.717, 1.165) is 36.3 Å². The van der Waals surface area contributed by atoms with Gasteiger partial charge in [-0.05, 0) is 36.2 Å². The number of rotatable bonds is 3. The number of amides is 1. The maximum Gasteiger partial charge on any atom is 0.253 e. The van der Waals surface area contributed by atoms with Crippen molar-refractivity contribution >= 4 is 5.91 Å². The lowest BCUT2D eigenvalue weighted by Crippen LogP contribution is -2.29. The van der Waals surface area contributed by atoms with Gasteiger partial charge in [-0.2, -0.15) is 0 Å². The molecule has 3 heterocycles.